The Morgan fingerprint density at radius 3 is 2.52 bits per heavy atom. The second-order valence-corrected chi connectivity index (χ2v) is 7.92. The van der Waals surface area contributed by atoms with Crippen LogP contribution in [0.3, 0.4) is 0 Å². The molecule has 1 N–H and O–H groups in total. The number of carbonyl (C=O) groups is 2. The summed E-state index contributed by atoms with van der Waals surface area (Å²) in [6.45, 7) is 4.28. The summed E-state index contributed by atoms with van der Waals surface area (Å²) in [5.74, 6) is 0.00788. The van der Waals surface area contributed by atoms with Gasteiger partial charge in [-0.25, -0.2) is 4.79 Å². The van der Waals surface area contributed by atoms with Crippen LogP contribution in [0.5, 0.6) is 5.75 Å². The molecule has 1 atom stereocenters. The van der Waals surface area contributed by atoms with Gasteiger partial charge < -0.3 is 14.8 Å². The van der Waals surface area contributed by atoms with E-state index < -0.39 is 11.9 Å². The zero-order valence-electron chi connectivity index (χ0n) is 17.9. The van der Waals surface area contributed by atoms with Crippen molar-refractivity contribution in [2.75, 3.05) is 13.2 Å². The molecule has 0 radical (unpaired) electrons. The van der Waals surface area contributed by atoms with Crippen LogP contribution in [0.4, 0.5) is 0 Å². The van der Waals surface area contributed by atoms with Gasteiger partial charge in [-0.05, 0) is 49.9 Å². The maximum Gasteiger partial charge on any atom is 0.336 e. The fourth-order valence-corrected chi connectivity index (χ4v) is 4.36. The molecule has 4 rings (SSSR count). The number of hydrogen-bond donors (Lipinski definition) is 1. The van der Waals surface area contributed by atoms with E-state index in [0.717, 1.165) is 41.1 Å². The van der Waals surface area contributed by atoms with E-state index in [1.54, 1.807) is 0 Å². The lowest BCUT2D eigenvalue weighted by Gasteiger charge is -2.34. The van der Waals surface area contributed by atoms with Gasteiger partial charge in [0.15, 0.2) is 5.78 Å². The van der Waals surface area contributed by atoms with Crippen molar-refractivity contribution < 1.29 is 19.1 Å². The lowest BCUT2D eigenvalue weighted by atomic mass is 9.74. The van der Waals surface area contributed by atoms with Crippen molar-refractivity contribution in [3.63, 3.8) is 0 Å². The number of benzene rings is 2. The number of rotatable bonds is 6. The highest BCUT2D eigenvalue weighted by Crippen LogP contribution is 2.43. The molecule has 31 heavy (non-hydrogen) atoms. The topological polar surface area (TPSA) is 64.6 Å². The van der Waals surface area contributed by atoms with Crippen LogP contribution in [-0.2, 0) is 14.3 Å². The normalized spacial score (nSPS) is 18.4. The molecule has 0 unspecified atom stereocenters. The minimum absolute atomic E-state index is 0.104. The number of dihydropyridines is 1. The Kier molecular flexibility index (Phi) is 6.21. The average molecular weight is 418 g/mol. The van der Waals surface area contributed by atoms with Gasteiger partial charge in [0.2, 0.25) is 0 Å². The molecule has 5 heteroatoms. The maximum atomic E-state index is 13.2. The van der Waals surface area contributed by atoms with Crippen LogP contribution in [-0.4, -0.2) is 25.0 Å². The third-order valence-corrected chi connectivity index (χ3v) is 5.82. The van der Waals surface area contributed by atoms with Gasteiger partial charge in [0, 0.05) is 29.3 Å². The molecular formula is C26H27NO4. The van der Waals surface area contributed by atoms with Gasteiger partial charge in [-0.1, -0.05) is 42.5 Å². The van der Waals surface area contributed by atoms with Crippen LogP contribution < -0.4 is 10.1 Å². The first-order valence-corrected chi connectivity index (χ1v) is 10.7. The smallest absolute Gasteiger partial charge is 0.336 e. The van der Waals surface area contributed by atoms with E-state index in [0.29, 0.717) is 17.6 Å². The molecule has 0 aromatic heterocycles. The lowest BCUT2D eigenvalue weighted by molar-refractivity contribution is -0.140. The highest BCUT2D eigenvalue weighted by atomic mass is 16.6. The van der Waals surface area contributed by atoms with Crippen LogP contribution in [0, 0.1) is 6.92 Å². The first-order chi connectivity index (χ1) is 15.1. The van der Waals surface area contributed by atoms with E-state index in [4.69, 9.17) is 9.47 Å². The van der Waals surface area contributed by atoms with Gasteiger partial charge in [-0.15, -0.1) is 0 Å². The molecule has 5 nitrogen and oxygen atoms in total. The number of allylic oxidation sites excluding steroid dienone is 3. The first-order valence-electron chi connectivity index (χ1n) is 10.7. The molecule has 0 saturated heterocycles. The van der Waals surface area contributed by atoms with E-state index >= 15 is 0 Å². The predicted molar refractivity (Wildman–Crippen MR) is 119 cm³/mol. The largest absolute Gasteiger partial charge is 0.490 e. The molecule has 0 fully saturated rings. The fourth-order valence-electron chi connectivity index (χ4n) is 4.36. The maximum absolute atomic E-state index is 13.2. The molecule has 0 amide bonds. The van der Waals surface area contributed by atoms with Gasteiger partial charge in [0.25, 0.3) is 0 Å². The monoisotopic (exact) mass is 417 g/mol. The number of ketones is 1. The molecule has 0 saturated carbocycles. The van der Waals surface area contributed by atoms with Crippen molar-refractivity contribution in [2.24, 2.45) is 0 Å². The van der Waals surface area contributed by atoms with Crippen LogP contribution in [0.2, 0.25) is 0 Å². The van der Waals surface area contributed by atoms with Crippen molar-refractivity contribution in [1.82, 2.24) is 5.32 Å². The van der Waals surface area contributed by atoms with Crippen molar-refractivity contribution in [3.05, 3.63) is 88.3 Å². The minimum atomic E-state index is -0.417. The minimum Gasteiger partial charge on any atom is -0.490 e. The first kappa shape index (κ1) is 20.9. The molecule has 160 valence electrons. The Balaban J connectivity index is 1.57. The van der Waals surface area contributed by atoms with Crippen LogP contribution in [0.15, 0.2) is 77.1 Å². The molecular weight excluding hydrogens is 390 g/mol. The lowest BCUT2D eigenvalue weighted by Crippen LogP contribution is -2.35. The van der Waals surface area contributed by atoms with Crippen molar-refractivity contribution in [3.8, 4) is 5.75 Å². The number of esters is 1. The van der Waals surface area contributed by atoms with E-state index in [1.165, 1.54) is 0 Å². The third kappa shape index (κ3) is 4.41. The quantitative estimate of drug-likeness (QED) is 0.550. The number of ether oxygens (including phenoxy) is 2. The van der Waals surface area contributed by atoms with E-state index in [1.807, 2.05) is 68.4 Å². The molecule has 0 spiro atoms. The summed E-state index contributed by atoms with van der Waals surface area (Å²) in [7, 11) is 0. The SMILES string of the molecule is CC1=C(C(=O)OCCOc2ccccc2)[C@@H](c2ccccc2C)C2=C(CCCC2=O)N1. The molecule has 1 heterocycles. The Labute approximate surface area is 182 Å². The second kappa shape index (κ2) is 9.21. The fraction of sp³-hybridized carbons (Fsp3) is 0.308. The zero-order chi connectivity index (χ0) is 21.8. The van der Waals surface area contributed by atoms with Gasteiger partial charge in [0.05, 0.1) is 5.57 Å². The van der Waals surface area contributed by atoms with Gasteiger partial charge in [-0.3, -0.25) is 4.79 Å². The van der Waals surface area contributed by atoms with Crippen molar-refractivity contribution in [2.45, 2.75) is 39.0 Å². The van der Waals surface area contributed by atoms with Crippen LogP contribution >= 0.6 is 0 Å². The molecule has 2 aliphatic rings. The number of nitrogens with one attached hydrogen (secondary N) is 1. The summed E-state index contributed by atoms with van der Waals surface area (Å²) in [6.07, 6.45) is 2.15. The Morgan fingerprint density at radius 2 is 1.74 bits per heavy atom. The zero-order valence-corrected chi connectivity index (χ0v) is 17.9. The molecule has 0 bridgehead atoms. The third-order valence-electron chi connectivity index (χ3n) is 5.82. The summed E-state index contributed by atoms with van der Waals surface area (Å²) >= 11 is 0. The van der Waals surface area contributed by atoms with Crippen molar-refractivity contribution >= 4 is 11.8 Å². The van der Waals surface area contributed by atoms with E-state index in [9.17, 15) is 9.59 Å². The van der Waals surface area contributed by atoms with Gasteiger partial charge in [0.1, 0.15) is 19.0 Å². The number of aryl methyl sites for hydroxylation is 1. The molecule has 1 aliphatic carbocycles. The van der Waals surface area contributed by atoms with Gasteiger partial charge in [-0.2, -0.15) is 0 Å². The Bertz CT molecular complexity index is 1050. The van der Waals surface area contributed by atoms with Crippen molar-refractivity contribution in [1.29, 1.82) is 0 Å². The Hall–Kier alpha value is -3.34. The van der Waals surface area contributed by atoms with E-state index in [2.05, 4.69) is 5.32 Å². The molecule has 2 aromatic carbocycles. The standard InChI is InChI=1S/C26H27NO4/c1-17-9-6-7-12-20(17)24-23(18(2)27-21-13-8-14-22(28)25(21)24)26(29)31-16-15-30-19-10-4-3-5-11-19/h3-7,9-12,24,27H,8,13-16H2,1-2H3/t24-/m1/s1. The number of para-hydroxylation sites is 1. The van der Waals surface area contributed by atoms with Crippen LogP contribution in [0.1, 0.15) is 43.2 Å². The summed E-state index contributed by atoms with van der Waals surface area (Å²) in [5.41, 5.74) is 4.91. The molecule has 1 aliphatic heterocycles. The van der Waals surface area contributed by atoms with E-state index in [-0.39, 0.29) is 19.0 Å². The average Bonchev–Trinajstić information content (AvgIpc) is 2.77. The summed E-state index contributed by atoms with van der Waals surface area (Å²) in [5, 5.41) is 3.32. The highest BCUT2D eigenvalue weighted by Gasteiger charge is 2.39. The summed E-state index contributed by atoms with van der Waals surface area (Å²) in [4.78, 5) is 26.1. The number of Topliss-reactive ketones (excluding diaryl/α,β-unsaturated/α-hetero) is 1. The number of carbonyl (C=O) groups excluding carboxylic acids is 2. The summed E-state index contributed by atoms with van der Waals surface area (Å²) in [6, 6.07) is 17.3. The highest BCUT2D eigenvalue weighted by molar-refractivity contribution is 6.03. The van der Waals surface area contributed by atoms with Gasteiger partial charge >= 0.3 is 5.97 Å². The second-order valence-electron chi connectivity index (χ2n) is 7.92. The molecule has 2 aromatic rings. The predicted octanol–water partition coefficient (Wildman–Crippen LogP) is 4.59. The summed E-state index contributed by atoms with van der Waals surface area (Å²) < 4.78 is 11.2. The Morgan fingerprint density at radius 1 is 1.00 bits per heavy atom. The number of hydrogen-bond acceptors (Lipinski definition) is 5. The van der Waals surface area contributed by atoms with Crippen LogP contribution in [0.25, 0.3) is 0 Å².